The molecule has 1 aromatic carbocycles. The molecule has 2 N–H and O–H groups in total. The zero-order valence-corrected chi connectivity index (χ0v) is 14.5. The number of carbonyl (C=O) groups is 1. The molecule has 140 valence electrons. The molecule has 0 saturated carbocycles. The zero-order chi connectivity index (χ0) is 18.7. The van der Waals surface area contributed by atoms with E-state index in [0.717, 1.165) is 0 Å². The molecule has 0 bridgehead atoms. The number of para-hydroxylation sites is 1. The highest BCUT2D eigenvalue weighted by molar-refractivity contribution is 5.80. The molecule has 0 radical (unpaired) electrons. The van der Waals surface area contributed by atoms with E-state index in [-0.39, 0.29) is 30.4 Å². The number of alkyl halides is 2. The van der Waals surface area contributed by atoms with Gasteiger partial charge in [0, 0.05) is 25.7 Å². The lowest BCUT2D eigenvalue weighted by Gasteiger charge is -2.17. The Hall–Kier alpha value is -2.58. The lowest BCUT2D eigenvalue weighted by Crippen LogP contribution is -2.38. The smallest absolute Gasteiger partial charge is 0.387 e. The molecule has 0 aliphatic rings. The maximum atomic E-state index is 12.7. The summed E-state index contributed by atoms with van der Waals surface area (Å²) in [6.07, 6.45) is 0.177. The van der Waals surface area contributed by atoms with E-state index in [0.29, 0.717) is 24.7 Å². The second-order valence-corrected chi connectivity index (χ2v) is 4.73. The van der Waals surface area contributed by atoms with Crippen LogP contribution in [0.4, 0.5) is 8.78 Å². The predicted octanol–water partition coefficient (Wildman–Crippen LogP) is 1.91. The van der Waals surface area contributed by atoms with Crippen LogP contribution in [0.5, 0.6) is 11.5 Å². The van der Waals surface area contributed by atoms with Crippen LogP contribution in [-0.2, 0) is 16.1 Å². The number of carbonyl (C=O) groups excluding carboxylic acids is 1. The topological polar surface area (TPSA) is 81.2 Å². The Morgan fingerprint density at radius 2 is 2.08 bits per heavy atom. The maximum Gasteiger partial charge on any atom is 0.387 e. The molecule has 1 aromatic rings. The number of guanidine groups is 1. The second-order valence-electron chi connectivity index (χ2n) is 4.73. The quantitative estimate of drug-likeness (QED) is 0.398. The van der Waals surface area contributed by atoms with Crippen LogP contribution >= 0.6 is 0 Å². The molecule has 0 spiro atoms. The highest BCUT2D eigenvalue weighted by atomic mass is 19.3. The number of aliphatic imine (C=N–C) groups is 1. The van der Waals surface area contributed by atoms with Gasteiger partial charge in [-0.25, -0.2) is 0 Å². The SMILES string of the molecule is CCOc1cccc(CNC(=NC)NCCC(=O)OC)c1OC(F)F. The van der Waals surface area contributed by atoms with Crippen LogP contribution in [0.25, 0.3) is 0 Å². The molecule has 0 heterocycles. The Bertz CT molecular complexity index is 582. The predicted molar refractivity (Wildman–Crippen MR) is 89.1 cm³/mol. The molecule has 9 heteroatoms. The molecule has 25 heavy (non-hydrogen) atoms. The Labute approximate surface area is 145 Å². The highest BCUT2D eigenvalue weighted by Gasteiger charge is 2.16. The van der Waals surface area contributed by atoms with Gasteiger partial charge in [-0.3, -0.25) is 9.79 Å². The van der Waals surface area contributed by atoms with Crippen molar-refractivity contribution in [2.75, 3.05) is 27.3 Å². The second kappa shape index (κ2) is 11.1. The molecule has 0 aliphatic carbocycles. The molecule has 0 saturated heterocycles. The standard InChI is InChI=1S/C16H23F2N3O4/c1-4-24-12-7-5-6-11(14(12)25-15(17)18)10-21-16(19-2)20-9-8-13(22)23-3/h5-7,15H,4,8-10H2,1-3H3,(H2,19,20,21). The van der Waals surface area contributed by atoms with Crippen LogP contribution in [0.2, 0.25) is 0 Å². The van der Waals surface area contributed by atoms with E-state index in [1.165, 1.54) is 7.11 Å². The number of hydrogen-bond donors (Lipinski definition) is 2. The number of methoxy groups -OCH3 is 1. The van der Waals surface area contributed by atoms with E-state index in [4.69, 9.17) is 4.74 Å². The summed E-state index contributed by atoms with van der Waals surface area (Å²) in [5, 5.41) is 5.89. The van der Waals surface area contributed by atoms with E-state index in [9.17, 15) is 13.6 Å². The fourth-order valence-electron chi connectivity index (χ4n) is 1.98. The summed E-state index contributed by atoms with van der Waals surface area (Å²) in [5.41, 5.74) is 0.488. The van der Waals surface area contributed by atoms with Gasteiger partial charge in [0.15, 0.2) is 17.5 Å². The van der Waals surface area contributed by atoms with Gasteiger partial charge in [-0.2, -0.15) is 8.78 Å². The third-order valence-corrected chi connectivity index (χ3v) is 3.09. The highest BCUT2D eigenvalue weighted by Crippen LogP contribution is 2.32. The fraction of sp³-hybridized carbons (Fsp3) is 0.500. The number of rotatable bonds is 9. The van der Waals surface area contributed by atoms with Gasteiger partial charge in [0.25, 0.3) is 0 Å². The summed E-state index contributed by atoms with van der Waals surface area (Å²) in [5.74, 6) is 0.293. The van der Waals surface area contributed by atoms with Crippen molar-refractivity contribution in [3.05, 3.63) is 23.8 Å². The lowest BCUT2D eigenvalue weighted by molar-refractivity contribution is -0.140. The van der Waals surface area contributed by atoms with Crippen molar-refractivity contribution in [1.29, 1.82) is 0 Å². The summed E-state index contributed by atoms with van der Waals surface area (Å²) >= 11 is 0. The van der Waals surface area contributed by atoms with E-state index in [1.54, 1.807) is 32.2 Å². The van der Waals surface area contributed by atoms with Crippen molar-refractivity contribution in [1.82, 2.24) is 10.6 Å². The molecule has 0 aliphatic heterocycles. The van der Waals surface area contributed by atoms with Crippen molar-refractivity contribution in [2.24, 2.45) is 4.99 Å². The fourth-order valence-corrected chi connectivity index (χ4v) is 1.98. The van der Waals surface area contributed by atoms with Crippen molar-refractivity contribution in [2.45, 2.75) is 26.5 Å². The van der Waals surface area contributed by atoms with Gasteiger partial charge in [-0.05, 0) is 13.0 Å². The van der Waals surface area contributed by atoms with Crippen molar-refractivity contribution < 1.29 is 27.8 Å². The van der Waals surface area contributed by atoms with Gasteiger partial charge in [0.1, 0.15) is 0 Å². The van der Waals surface area contributed by atoms with Gasteiger partial charge in [0.2, 0.25) is 0 Å². The number of nitrogens with zero attached hydrogens (tertiary/aromatic N) is 1. The minimum Gasteiger partial charge on any atom is -0.490 e. The van der Waals surface area contributed by atoms with Gasteiger partial charge in [-0.1, -0.05) is 12.1 Å². The number of halogens is 2. The molecule has 0 aromatic heterocycles. The van der Waals surface area contributed by atoms with Crippen LogP contribution in [0.3, 0.4) is 0 Å². The number of hydrogen-bond acceptors (Lipinski definition) is 5. The average molecular weight is 359 g/mol. The Kier molecular flexibility index (Phi) is 9.05. The number of ether oxygens (including phenoxy) is 3. The molecule has 0 fully saturated rings. The van der Waals surface area contributed by atoms with Gasteiger partial charge in [0.05, 0.1) is 20.1 Å². The first-order valence-corrected chi connectivity index (χ1v) is 7.72. The number of nitrogens with one attached hydrogen (secondary N) is 2. The first-order valence-electron chi connectivity index (χ1n) is 7.72. The normalized spacial score (nSPS) is 11.2. The Morgan fingerprint density at radius 3 is 2.68 bits per heavy atom. The monoisotopic (exact) mass is 359 g/mol. The van der Waals surface area contributed by atoms with Crippen molar-refractivity contribution in [3.8, 4) is 11.5 Å². The number of esters is 1. The molecule has 0 atom stereocenters. The minimum atomic E-state index is -2.96. The zero-order valence-electron chi connectivity index (χ0n) is 14.5. The van der Waals surface area contributed by atoms with Crippen LogP contribution in [0, 0.1) is 0 Å². The summed E-state index contributed by atoms with van der Waals surface area (Å²) in [7, 11) is 2.87. The molecular formula is C16H23F2N3O4. The van der Waals surface area contributed by atoms with E-state index < -0.39 is 6.61 Å². The summed E-state index contributed by atoms with van der Waals surface area (Å²) < 4.78 is 39.8. The van der Waals surface area contributed by atoms with Crippen molar-refractivity contribution in [3.63, 3.8) is 0 Å². The molecule has 7 nitrogen and oxygen atoms in total. The summed E-state index contributed by atoms with van der Waals surface area (Å²) in [4.78, 5) is 15.1. The lowest BCUT2D eigenvalue weighted by atomic mass is 10.2. The van der Waals surface area contributed by atoms with E-state index in [1.807, 2.05) is 0 Å². The molecule has 0 amide bonds. The first kappa shape index (κ1) is 20.5. The minimum absolute atomic E-state index is 0.0168. The molecule has 0 unspecified atom stereocenters. The number of benzene rings is 1. The van der Waals surface area contributed by atoms with Crippen LogP contribution < -0.4 is 20.1 Å². The third-order valence-electron chi connectivity index (χ3n) is 3.09. The third kappa shape index (κ3) is 7.23. The van der Waals surface area contributed by atoms with E-state index in [2.05, 4.69) is 25.1 Å². The van der Waals surface area contributed by atoms with Gasteiger partial charge >= 0.3 is 12.6 Å². The van der Waals surface area contributed by atoms with Gasteiger partial charge in [-0.15, -0.1) is 0 Å². The van der Waals surface area contributed by atoms with Gasteiger partial charge < -0.3 is 24.8 Å². The average Bonchev–Trinajstić information content (AvgIpc) is 2.59. The molecule has 1 rings (SSSR count). The van der Waals surface area contributed by atoms with E-state index >= 15 is 0 Å². The van der Waals surface area contributed by atoms with Crippen LogP contribution in [-0.4, -0.2) is 45.8 Å². The summed E-state index contributed by atoms with van der Waals surface area (Å²) in [6, 6.07) is 4.90. The van der Waals surface area contributed by atoms with Crippen LogP contribution in [0.15, 0.2) is 23.2 Å². The Balaban J connectivity index is 2.73. The molecular weight excluding hydrogens is 336 g/mol. The Morgan fingerprint density at radius 1 is 1.32 bits per heavy atom. The maximum absolute atomic E-state index is 12.7. The van der Waals surface area contributed by atoms with Crippen LogP contribution in [0.1, 0.15) is 18.9 Å². The first-order chi connectivity index (χ1) is 12.0. The largest absolute Gasteiger partial charge is 0.490 e. The summed E-state index contributed by atoms with van der Waals surface area (Å²) in [6.45, 7) is -0.373. The van der Waals surface area contributed by atoms with Crippen molar-refractivity contribution >= 4 is 11.9 Å².